The predicted molar refractivity (Wildman–Crippen MR) is 83.1 cm³/mol. The topological polar surface area (TPSA) is 39.6 Å². The standard InChI is InChI=1S/C16H27N3O/c1-5-15(20)14-11-17-16(10-13(14)4)19-8-6-18(7-9-19)12(2)3/h10-12,15,20H,5-9H2,1-4H3/t15-/m0/s1. The highest BCUT2D eigenvalue weighted by Crippen LogP contribution is 2.23. The van der Waals surface area contributed by atoms with Crippen molar-refractivity contribution in [2.24, 2.45) is 0 Å². The Morgan fingerprint density at radius 1 is 1.25 bits per heavy atom. The highest BCUT2D eigenvalue weighted by Gasteiger charge is 2.20. The number of rotatable bonds is 4. The van der Waals surface area contributed by atoms with Gasteiger partial charge in [-0.05, 0) is 38.8 Å². The van der Waals surface area contributed by atoms with Gasteiger partial charge in [0.15, 0.2) is 0 Å². The first-order valence-electron chi connectivity index (χ1n) is 7.66. The Labute approximate surface area is 122 Å². The number of anilines is 1. The maximum atomic E-state index is 9.95. The van der Waals surface area contributed by atoms with Crippen molar-refractivity contribution < 1.29 is 5.11 Å². The lowest BCUT2D eigenvalue weighted by Gasteiger charge is -2.37. The van der Waals surface area contributed by atoms with Crippen molar-refractivity contribution in [1.82, 2.24) is 9.88 Å². The van der Waals surface area contributed by atoms with Crippen molar-refractivity contribution in [2.75, 3.05) is 31.1 Å². The summed E-state index contributed by atoms with van der Waals surface area (Å²) in [4.78, 5) is 9.39. The normalized spacial score (nSPS) is 18.6. The van der Waals surface area contributed by atoms with Gasteiger partial charge in [-0.2, -0.15) is 0 Å². The van der Waals surface area contributed by atoms with E-state index < -0.39 is 6.10 Å². The summed E-state index contributed by atoms with van der Waals surface area (Å²) < 4.78 is 0. The zero-order valence-electron chi connectivity index (χ0n) is 13.1. The molecule has 1 aliphatic rings. The second-order valence-electron chi connectivity index (χ2n) is 5.94. The molecule has 112 valence electrons. The highest BCUT2D eigenvalue weighted by molar-refractivity contribution is 5.44. The van der Waals surface area contributed by atoms with Crippen molar-refractivity contribution in [1.29, 1.82) is 0 Å². The van der Waals surface area contributed by atoms with Gasteiger partial charge in [-0.1, -0.05) is 6.92 Å². The van der Waals surface area contributed by atoms with E-state index in [-0.39, 0.29) is 0 Å². The minimum atomic E-state index is -0.394. The predicted octanol–water partition coefficient (Wildman–Crippen LogP) is 2.36. The molecular formula is C16H27N3O. The summed E-state index contributed by atoms with van der Waals surface area (Å²) in [5, 5.41) is 9.95. The van der Waals surface area contributed by atoms with Crippen LogP contribution < -0.4 is 4.90 Å². The minimum absolute atomic E-state index is 0.394. The smallest absolute Gasteiger partial charge is 0.128 e. The van der Waals surface area contributed by atoms with E-state index in [9.17, 15) is 5.11 Å². The van der Waals surface area contributed by atoms with Crippen molar-refractivity contribution in [3.8, 4) is 0 Å². The van der Waals surface area contributed by atoms with Gasteiger partial charge in [-0.15, -0.1) is 0 Å². The number of aliphatic hydroxyl groups is 1. The third-order valence-electron chi connectivity index (χ3n) is 4.25. The Balaban J connectivity index is 2.06. The van der Waals surface area contributed by atoms with Gasteiger partial charge in [0.1, 0.15) is 5.82 Å². The van der Waals surface area contributed by atoms with E-state index in [2.05, 4.69) is 41.6 Å². The number of hydrogen-bond acceptors (Lipinski definition) is 4. The second kappa shape index (κ2) is 6.55. The van der Waals surface area contributed by atoms with Crippen LogP contribution in [0.4, 0.5) is 5.82 Å². The molecule has 0 spiro atoms. The van der Waals surface area contributed by atoms with Gasteiger partial charge >= 0.3 is 0 Å². The molecule has 0 bridgehead atoms. The molecule has 1 aromatic heterocycles. The van der Waals surface area contributed by atoms with Crippen LogP contribution in [0.15, 0.2) is 12.3 Å². The Morgan fingerprint density at radius 2 is 1.90 bits per heavy atom. The first-order chi connectivity index (χ1) is 9.52. The average Bonchev–Trinajstić information content (AvgIpc) is 2.46. The molecular weight excluding hydrogens is 250 g/mol. The van der Waals surface area contributed by atoms with Crippen LogP contribution in [0.5, 0.6) is 0 Å². The summed E-state index contributed by atoms with van der Waals surface area (Å²) in [6, 6.07) is 2.73. The molecule has 20 heavy (non-hydrogen) atoms. The Morgan fingerprint density at radius 3 is 2.40 bits per heavy atom. The van der Waals surface area contributed by atoms with Crippen molar-refractivity contribution in [3.05, 3.63) is 23.4 Å². The molecule has 1 N–H and O–H groups in total. The maximum Gasteiger partial charge on any atom is 0.128 e. The summed E-state index contributed by atoms with van der Waals surface area (Å²) >= 11 is 0. The number of piperazine rings is 1. The number of aliphatic hydroxyl groups excluding tert-OH is 1. The number of aromatic nitrogens is 1. The fraction of sp³-hybridized carbons (Fsp3) is 0.688. The average molecular weight is 277 g/mol. The van der Waals surface area contributed by atoms with Crippen LogP contribution in [0.3, 0.4) is 0 Å². The summed E-state index contributed by atoms with van der Waals surface area (Å²) in [5.41, 5.74) is 2.09. The van der Waals surface area contributed by atoms with Crippen LogP contribution in [0.25, 0.3) is 0 Å². The summed E-state index contributed by atoms with van der Waals surface area (Å²) in [6.45, 7) is 12.8. The van der Waals surface area contributed by atoms with Crippen LogP contribution in [0.1, 0.15) is 44.4 Å². The van der Waals surface area contributed by atoms with E-state index in [4.69, 9.17) is 0 Å². The molecule has 1 aliphatic heterocycles. The first-order valence-corrected chi connectivity index (χ1v) is 7.66. The first kappa shape index (κ1) is 15.3. The zero-order chi connectivity index (χ0) is 14.7. The van der Waals surface area contributed by atoms with Crippen molar-refractivity contribution in [2.45, 2.75) is 46.3 Å². The van der Waals surface area contributed by atoms with Gasteiger partial charge in [0.25, 0.3) is 0 Å². The molecule has 0 saturated carbocycles. The molecule has 1 atom stereocenters. The fourth-order valence-electron chi connectivity index (χ4n) is 2.76. The van der Waals surface area contributed by atoms with Crippen molar-refractivity contribution >= 4 is 5.82 Å². The lowest BCUT2D eigenvalue weighted by Crippen LogP contribution is -2.49. The van der Waals surface area contributed by atoms with Crippen LogP contribution in [0.2, 0.25) is 0 Å². The summed E-state index contributed by atoms with van der Waals surface area (Å²) in [7, 11) is 0. The van der Waals surface area contributed by atoms with Gasteiger partial charge in [0.05, 0.1) is 6.10 Å². The molecule has 2 rings (SSSR count). The number of hydrogen-bond donors (Lipinski definition) is 1. The number of pyridine rings is 1. The lowest BCUT2D eigenvalue weighted by molar-refractivity contribution is 0.172. The molecule has 4 heteroatoms. The maximum absolute atomic E-state index is 9.95. The number of aryl methyl sites for hydroxylation is 1. The van der Waals surface area contributed by atoms with E-state index in [1.165, 1.54) is 0 Å². The van der Waals surface area contributed by atoms with Gasteiger partial charge in [0, 0.05) is 44.0 Å². The van der Waals surface area contributed by atoms with E-state index in [1.54, 1.807) is 0 Å². The van der Waals surface area contributed by atoms with Gasteiger partial charge in [-0.25, -0.2) is 4.98 Å². The molecule has 0 amide bonds. The van der Waals surface area contributed by atoms with E-state index in [0.29, 0.717) is 6.04 Å². The Kier molecular flexibility index (Phi) is 5.00. The van der Waals surface area contributed by atoms with Gasteiger partial charge in [-0.3, -0.25) is 4.90 Å². The molecule has 0 aromatic carbocycles. The van der Waals surface area contributed by atoms with E-state index in [1.807, 2.05) is 13.1 Å². The second-order valence-corrected chi connectivity index (χ2v) is 5.94. The van der Waals surface area contributed by atoms with E-state index >= 15 is 0 Å². The van der Waals surface area contributed by atoms with Crippen LogP contribution in [-0.2, 0) is 0 Å². The Bertz CT molecular complexity index is 439. The quantitative estimate of drug-likeness (QED) is 0.917. The highest BCUT2D eigenvalue weighted by atomic mass is 16.3. The lowest BCUT2D eigenvalue weighted by atomic mass is 10.0. The van der Waals surface area contributed by atoms with Gasteiger partial charge < -0.3 is 10.0 Å². The van der Waals surface area contributed by atoms with Gasteiger partial charge in [0.2, 0.25) is 0 Å². The molecule has 1 aromatic rings. The third kappa shape index (κ3) is 3.30. The molecule has 0 radical (unpaired) electrons. The molecule has 1 fully saturated rings. The molecule has 4 nitrogen and oxygen atoms in total. The van der Waals surface area contributed by atoms with Crippen LogP contribution in [0, 0.1) is 6.92 Å². The summed E-state index contributed by atoms with van der Waals surface area (Å²) in [6.07, 6.45) is 2.18. The summed E-state index contributed by atoms with van der Waals surface area (Å²) in [5.74, 6) is 1.04. The minimum Gasteiger partial charge on any atom is -0.388 e. The molecule has 1 saturated heterocycles. The Hall–Kier alpha value is -1.13. The monoisotopic (exact) mass is 277 g/mol. The molecule has 2 heterocycles. The molecule has 0 aliphatic carbocycles. The van der Waals surface area contributed by atoms with Crippen LogP contribution in [-0.4, -0.2) is 47.2 Å². The van der Waals surface area contributed by atoms with Crippen molar-refractivity contribution in [3.63, 3.8) is 0 Å². The number of nitrogens with zero attached hydrogens (tertiary/aromatic N) is 3. The third-order valence-corrected chi connectivity index (χ3v) is 4.25. The fourth-order valence-corrected chi connectivity index (χ4v) is 2.76. The largest absolute Gasteiger partial charge is 0.388 e. The van der Waals surface area contributed by atoms with Crippen LogP contribution >= 0.6 is 0 Å². The zero-order valence-corrected chi connectivity index (χ0v) is 13.1. The molecule has 0 unspecified atom stereocenters. The SMILES string of the molecule is CC[C@H](O)c1cnc(N2CCN(C(C)C)CC2)cc1C. The van der Waals surface area contributed by atoms with E-state index in [0.717, 1.165) is 49.5 Å².